The van der Waals surface area contributed by atoms with E-state index in [4.69, 9.17) is 14.2 Å². The zero-order valence-electron chi connectivity index (χ0n) is 11.9. The standard InChI is InChI=1S/C13H25NO5/c1-17-7-3-5-14(6-9-18-2)10-13(12(15)16)4-8-19-11-13/h3-11H2,1-2H3,(H,15,16). The lowest BCUT2D eigenvalue weighted by Crippen LogP contribution is -2.45. The second-order valence-corrected chi connectivity index (χ2v) is 5.00. The highest BCUT2D eigenvalue weighted by molar-refractivity contribution is 5.75. The Balaban J connectivity index is 2.54. The lowest BCUT2D eigenvalue weighted by Gasteiger charge is -2.31. The Morgan fingerprint density at radius 3 is 2.58 bits per heavy atom. The van der Waals surface area contributed by atoms with Crippen LogP contribution in [0.3, 0.4) is 0 Å². The van der Waals surface area contributed by atoms with E-state index < -0.39 is 11.4 Å². The molecule has 112 valence electrons. The van der Waals surface area contributed by atoms with E-state index in [2.05, 4.69) is 4.90 Å². The maximum atomic E-state index is 11.5. The molecule has 19 heavy (non-hydrogen) atoms. The van der Waals surface area contributed by atoms with E-state index in [9.17, 15) is 9.90 Å². The maximum absolute atomic E-state index is 11.5. The molecule has 0 amide bonds. The van der Waals surface area contributed by atoms with Gasteiger partial charge in [0.1, 0.15) is 5.41 Å². The number of ether oxygens (including phenoxy) is 3. The van der Waals surface area contributed by atoms with E-state index in [0.29, 0.717) is 39.4 Å². The average Bonchev–Trinajstić information content (AvgIpc) is 2.86. The van der Waals surface area contributed by atoms with E-state index in [0.717, 1.165) is 19.5 Å². The van der Waals surface area contributed by atoms with Gasteiger partial charge >= 0.3 is 5.97 Å². The molecule has 0 spiro atoms. The van der Waals surface area contributed by atoms with Crippen LogP contribution in [0.2, 0.25) is 0 Å². The molecule has 1 fully saturated rings. The third kappa shape index (κ3) is 5.06. The highest BCUT2D eigenvalue weighted by Gasteiger charge is 2.43. The Kier molecular flexibility index (Phi) is 7.30. The number of rotatable bonds is 10. The molecule has 6 nitrogen and oxygen atoms in total. The Labute approximate surface area is 114 Å². The van der Waals surface area contributed by atoms with Crippen LogP contribution in [0.5, 0.6) is 0 Å². The lowest BCUT2D eigenvalue weighted by molar-refractivity contribution is -0.150. The Hall–Kier alpha value is -0.690. The molecule has 1 heterocycles. The van der Waals surface area contributed by atoms with Crippen molar-refractivity contribution in [2.45, 2.75) is 12.8 Å². The summed E-state index contributed by atoms with van der Waals surface area (Å²) >= 11 is 0. The molecule has 0 aromatic carbocycles. The van der Waals surface area contributed by atoms with Gasteiger partial charge in [-0.25, -0.2) is 0 Å². The Morgan fingerprint density at radius 2 is 2.05 bits per heavy atom. The average molecular weight is 275 g/mol. The van der Waals surface area contributed by atoms with Crippen molar-refractivity contribution < 1.29 is 24.1 Å². The fourth-order valence-corrected chi connectivity index (χ4v) is 2.32. The minimum absolute atomic E-state index is 0.302. The van der Waals surface area contributed by atoms with Gasteiger partial charge in [0, 0.05) is 47.1 Å². The first kappa shape index (κ1) is 16.4. The van der Waals surface area contributed by atoms with Gasteiger partial charge in [-0.1, -0.05) is 0 Å². The minimum atomic E-state index is -0.765. The van der Waals surface area contributed by atoms with Crippen LogP contribution in [0.4, 0.5) is 0 Å². The number of carbonyl (C=O) groups is 1. The molecule has 0 aromatic heterocycles. The highest BCUT2D eigenvalue weighted by Crippen LogP contribution is 2.30. The predicted octanol–water partition coefficient (Wildman–Crippen LogP) is 0.463. The van der Waals surface area contributed by atoms with Crippen LogP contribution in [-0.4, -0.2) is 76.3 Å². The monoisotopic (exact) mass is 275 g/mol. The van der Waals surface area contributed by atoms with Gasteiger partial charge in [0.15, 0.2) is 0 Å². The number of aliphatic carboxylic acids is 1. The van der Waals surface area contributed by atoms with Gasteiger partial charge in [-0.05, 0) is 12.8 Å². The second kappa shape index (κ2) is 8.47. The molecular formula is C13H25NO5. The summed E-state index contributed by atoms with van der Waals surface area (Å²) in [6.07, 6.45) is 1.47. The molecule has 0 saturated carbocycles. The molecule has 1 N–H and O–H groups in total. The van der Waals surface area contributed by atoms with Crippen molar-refractivity contribution in [3.05, 3.63) is 0 Å². The summed E-state index contributed by atoms with van der Waals surface area (Å²) in [5.74, 6) is -0.765. The van der Waals surface area contributed by atoms with E-state index in [-0.39, 0.29) is 0 Å². The van der Waals surface area contributed by atoms with Crippen LogP contribution in [0.1, 0.15) is 12.8 Å². The van der Waals surface area contributed by atoms with E-state index in [1.807, 2.05) is 0 Å². The summed E-state index contributed by atoms with van der Waals surface area (Å²) in [5.41, 5.74) is -0.763. The number of nitrogens with zero attached hydrogens (tertiary/aromatic N) is 1. The lowest BCUT2D eigenvalue weighted by atomic mass is 9.86. The number of hydrogen-bond donors (Lipinski definition) is 1. The molecule has 1 atom stereocenters. The number of carboxylic acid groups (broad SMARTS) is 1. The van der Waals surface area contributed by atoms with E-state index in [1.54, 1.807) is 14.2 Å². The van der Waals surface area contributed by atoms with Crippen molar-refractivity contribution in [1.82, 2.24) is 4.90 Å². The van der Waals surface area contributed by atoms with Crippen molar-refractivity contribution in [2.24, 2.45) is 5.41 Å². The molecule has 1 saturated heterocycles. The van der Waals surface area contributed by atoms with Gasteiger partial charge in [-0.3, -0.25) is 9.69 Å². The number of hydrogen-bond acceptors (Lipinski definition) is 5. The SMILES string of the molecule is COCCCN(CCOC)CC1(C(=O)O)CCOC1. The predicted molar refractivity (Wildman–Crippen MR) is 70.3 cm³/mol. The summed E-state index contributed by atoms with van der Waals surface area (Å²) in [6.45, 7) is 4.17. The molecule has 6 heteroatoms. The quantitative estimate of drug-likeness (QED) is 0.584. The van der Waals surface area contributed by atoms with Crippen molar-refractivity contribution in [3.8, 4) is 0 Å². The fraction of sp³-hybridized carbons (Fsp3) is 0.923. The summed E-state index contributed by atoms with van der Waals surface area (Å²) in [4.78, 5) is 13.6. The molecular weight excluding hydrogens is 250 g/mol. The molecule has 1 rings (SSSR count). The van der Waals surface area contributed by atoms with Gasteiger partial charge in [0.05, 0.1) is 13.2 Å². The maximum Gasteiger partial charge on any atom is 0.313 e. The third-order valence-electron chi connectivity index (χ3n) is 3.52. The molecule has 0 aliphatic carbocycles. The van der Waals surface area contributed by atoms with Crippen LogP contribution in [0.15, 0.2) is 0 Å². The van der Waals surface area contributed by atoms with Crippen molar-refractivity contribution in [2.75, 3.05) is 60.3 Å². The summed E-state index contributed by atoms with van der Waals surface area (Å²) in [7, 11) is 3.32. The topological polar surface area (TPSA) is 68.2 Å². The fourth-order valence-electron chi connectivity index (χ4n) is 2.32. The molecule has 0 radical (unpaired) electrons. The van der Waals surface area contributed by atoms with Gasteiger partial charge in [-0.2, -0.15) is 0 Å². The molecule has 1 aliphatic rings. The Bertz CT molecular complexity index is 266. The van der Waals surface area contributed by atoms with Crippen LogP contribution < -0.4 is 0 Å². The summed E-state index contributed by atoms with van der Waals surface area (Å²) in [5, 5.41) is 9.45. The molecule has 1 unspecified atom stereocenters. The van der Waals surface area contributed by atoms with Gasteiger partial charge in [0.2, 0.25) is 0 Å². The molecule has 0 bridgehead atoms. The van der Waals surface area contributed by atoms with Gasteiger partial charge < -0.3 is 19.3 Å². The van der Waals surface area contributed by atoms with Crippen LogP contribution in [-0.2, 0) is 19.0 Å². The largest absolute Gasteiger partial charge is 0.481 e. The number of carboxylic acids is 1. The van der Waals surface area contributed by atoms with Gasteiger partial charge in [-0.15, -0.1) is 0 Å². The second-order valence-electron chi connectivity index (χ2n) is 5.00. The van der Waals surface area contributed by atoms with Crippen molar-refractivity contribution in [1.29, 1.82) is 0 Å². The van der Waals surface area contributed by atoms with Crippen molar-refractivity contribution in [3.63, 3.8) is 0 Å². The first-order valence-corrected chi connectivity index (χ1v) is 6.66. The first-order chi connectivity index (χ1) is 9.14. The van der Waals surface area contributed by atoms with Crippen LogP contribution in [0, 0.1) is 5.41 Å². The minimum Gasteiger partial charge on any atom is -0.481 e. The van der Waals surface area contributed by atoms with Crippen LogP contribution in [0.25, 0.3) is 0 Å². The molecule has 0 aromatic rings. The third-order valence-corrected chi connectivity index (χ3v) is 3.52. The Morgan fingerprint density at radius 1 is 1.32 bits per heavy atom. The highest BCUT2D eigenvalue weighted by atomic mass is 16.5. The molecule has 1 aliphatic heterocycles. The number of methoxy groups -OCH3 is 2. The van der Waals surface area contributed by atoms with Crippen molar-refractivity contribution >= 4 is 5.97 Å². The zero-order chi connectivity index (χ0) is 14.1. The smallest absolute Gasteiger partial charge is 0.313 e. The summed E-state index contributed by atoms with van der Waals surface area (Å²) in [6, 6.07) is 0. The van der Waals surface area contributed by atoms with Crippen LogP contribution >= 0.6 is 0 Å². The first-order valence-electron chi connectivity index (χ1n) is 6.66. The van der Waals surface area contributed by atoms with Gasteiger partial charge in [0.25, 0.3) is 0 Å². The summed E-state index contributed by atoms with van der Waals surface area (Å²) < 4.78 is 15.4. The normalized spacial score (nSPS) is 23.1. The van der Waals surface area contributed by atoms with E-state index in [1.165, 1.54) is 0 Å². The zero-order valence-corrected chi connectivity index (χ0v) is 11.9. The van der Waals surface area contributed by atoms with E-state index >= 15 is 0 Å².